The van der Waals surface area contributed by atoms with Gasteiger partial charge in [-0.25, -0.2) is 4.68 Å². The zero-order chi connectivity index (χ0) is 13.2. The molecule has 6 heteroatoms. The van der Waals surface area contributed by atoms with Crippen LogP contribution in [0.15, 0.2) is 30.7 Å². The molecule has 0 spiro atoms. The summed E-state index contributed by atoms with van der Waals surface area (Å²) in [6, 6.07) is 3.73. The van der Waals surface area contributed by atoms with E-state index in [9.17, 15) is 4.79 Å². The number of pyridine rings is 1. The van der Waals surface area contributed by atoms with Gasteiger partial charge in [0.25, 0.3) is 5.91 Å². The number of carbonyl (C=O) groups excluding carboxylic acids is 1. The second kappa shape index (κ2) is 4.64. The van der Waals surface area contributed by atoms with Gasteiger partial charge in [-0.15, -0.1) is 0 Å². The molecule has 19 heavy (non-hydrogen) atoms. The van der Waals surface area contributed by atoms with Crippen molar-refractivity contribution in [3.63, 3.8) is 0 Å². The summed E-state index contributed by atoms with van der Waals surface area (Å²) in [5.41, 5.74) is 2.27. The predicted octanol–water partition coefficient (Wildman–Crippen LogP) is 0.915. The highest BCUT2D eigenvalue weighted by molar-refractivity contribution is 5.97. The minimum atomic E-state index is -0.0557. The summed E-state index contributed by atoms with van der Waals surface area (Å²) in [6.45, 7) is 0.974. The van der Waals surface area contributed by atoms with Crippen LogP contribution in [0.1, 0.15) is 16.1 Å². The van der Waals surface area contributed by atoms with Crippen molar-refractivity contribution in [1.82, 2.24) is 19.7 Å². The molecule has 0 atom stereocenters. The minimum absolute atomic E-state index is 0.0557. The maximum atomic E-state index is 12.2. The fraction of sp³-hybridized carbons (Fsp3) is 0.231. The van der Waals surface area contributed by atoms with Crippen LogP contribution in [-0.4, -0.2) is 44.9 Å². The van der Waals surface area contributed by atoms with Gasteiger partial charge in [0, 0.05) is 31.6 Å². The van der Waals surface area contributed by atoms with Gasteiger partial charge in [0.15, 0.2) is 0 Å². The summed E-state index contributed by atoms with van der Waals surface area (Å²) >= 11 is 0. The van der Waals surface area contributed by atoms with Crippen LogP contribution in [0.3, 0.4) is 0 Å². The lowest BCUT2D eigenvalue weighted by molar-refractivity contribution is 0.0765. The second-order valence-corrected chi connectivity index (χ2v) is 4.35. The van der Waals surface area contributed by atoms with E-state index in [0.29, 0.717) is 18.7 Å². The van der Waals surface area contributed by atoms with E-state index >= 15 is 0 Å². The smallest absolute Gasteiger partial charge is 0.257 e. The van der Waals surface area contributed by atoms with E-state index in [1.807, 2.05) is 12.1 Å². The number of hydrogen-bond donors (Lipinski definition) is 1. The Balaban J connectivity index is 1.96. The molecule has 1 aliphatic heterocycles. The molecule has 2 aromatic rings. The van der Waals surface area contributed by atoms with Crippen molar-refractivity contribution in [2.75, 3.05) is 13.1 Å². The zero-order valence-electron chi connectivity index (χ0n) is 10.3. The number of aromatic nitrogens is 3. The topological polar surface area (TPSA) is 74.9 Å². The second-order valence-electron chi connectivity index (χ2n) is 4.35. The van der Waals surface area contributed by atoms with Gasteiger partial charge in [0.05, 0.1) is 29.7 Å². The van der Waals surface area contributed by atoms with Crippen LogP contribution in [0.5, 0.6) is 0 Å². The first-order valence-corrected chi connectivity index (χ1v) is 6.07. The lowest BCUT2D eigenvalue weighted by atomic mass is 10.1. The van der Waals surface area contributed by atoms with Gasteiger partial charge in [-0.3, -0.25) is 9.78 Å². The molecule has 1 aliphatic rings. The fourth-order valence-electron chi connectivity index (χ4n) is 2.19. The number of carbonyl (C=O) groups is 1. The van der Waals surface area contributed by atoms with Crippen molar-refractivity contribution >= 4 is 12.1 Å². The summed E-state index contributed by atoms with van der Waals surface area (Å²) in [4.78, 5) is 17.9. The summed E-state index contributed by atoms with van der Waals surface area (Å²) in [5, 5.41) is 11.5. The van der Waals surface area contributed by atoms with Gasteiger partial charge in [-0.05, 0) is 12.1 Å². The van der Waals surface area contributed by atoms with Crippen LogP contribution in [-0.2, 0) is 6.42 Å². The van der Waals surface area contributed by atoms with Gasteiger partial charge >= 0.3 is 0 Å². The summed E-state index contributed by atoms with van der Waals surface area (Å²) in [5.74, 6) is -0.0557. The highest BCUT2D eigenvalue weighted by atomic mass is 16.2. The van der Waals surface area contributed by atoms with Crippen molar-refractivity contribution in [1.29, 1.82) is 5.41 Å². The van der Waals surface area contributed by atoms with Crippen LogP contribution >= 0.6 is 0 Å². The molecule has 0 fully saturated rings. The standard InChI is InChI=1S/C13H13N5O/c14-4-7-17-6-3-12-11(13(17)19)9-18(16-12)10-2-1-5-15-8-10/h1-2,4-5,8-9,14H,3,6-7H2. The predicted molar refractivity (Wildman–Crippen MR) is 69.8 cm³/mol. The Kier molecular flexibility index (Phi) is 2.83. The molecular formula is C13H13N5O. The molecule has 0 radical (unpaired) electrons. The maximum absolute atomic E-state index is 12.2. The van der Waals surface area contributed by atoms with Crippen molar-refractivity contribution in [2.24, 2.45) is 0 Å². The van der Waals surface area contributed by atoms with Gasteiger partial charge in [0.1, 0.15) is 0 Å². The largest absolute Gasteiger partial charge is 0.333 e. The molecule has 6 nitrogen and oxygen atoms in total. The number of rotatable bonds is 3. The monoisotopic (exact) mass is 255 g/mol. The maximum Gasteiger partial charge on any atom is 0.257 e. The number of hydrogen-bond acceptors (Lipinski definition) is 4. The number of fused-ring (bicyclic) bond motifs is 1. The Labute approximate surface area is 110 Å². The van der Waals surface area contributed by atoms with Gasteiger partial charge in [-0.1, -0.05) is 0 Å². The van der Waals surface area contributed by atoms with Gasteiger partial charge in [0.2, 0.25) is 0 Å². The first-order chi connectivity index (χ1) is 9.29. The third kappa shape index (κ3) is 2.01. The van der Waals surface area contributed by atoms with Crippen LogP contribution < -0.4 is 0 Å². The first-order valence-electron chi connectivity index (χ1n) is 6.07. The molecular weight excluding hydrogens is 242 g/mol. The normalized spacial score (nSPS) is 14.3. The van der Waals surface area contributed by atoms with Crippen molar-refractivity contribution in [2.45, 2.75) is 6.42 Å². The lowest BCUT2D eigenvalue weighted by Crippen LogP contribution is -2.38. The molecule has 0 unspecified atom stereocenters. The van der Waals surface area contributed by atoms with Crippen molar-refractivity contribution < 1.29 is 4.79 Å². The Morgan fingerprint density at radius 2 is 2.37 bits per heavy atom. The molecule has 0 bridgehead atoms. The van der Waals surface area contributed by atoms with E-state index in [2.05, 4.69) is 10.1 Å². The molecule has 1 amide bonds. The molecule has 0 aliphatic carbocycles. The number of nitrogens with one attached hydrogen (secondary N) is 1. The zero-order valence-corrected chi connectivity index (χ0v) is 10.3. The number of amides is 1. The molecule has 0 saturated heterocycles. The Hall–Kier alpha value is -2.50. The fourth-order valence-corrected chi connectivity index (χ4v) is 2.19. The molecule has 96 valence electrons. The third-order valence-corrected chi connectivity index (χ3v) is 3.15. The van der Waals surface area contributed by atoms with Crippen LogP contribution in [0.4, 0.5) is 0 Å². The van der Waals surface area contributed by atoms with Crippen LogP contribution in [0.25, 0.3) is 5.69 Å². The quantitative estimate of drug-likeness (QED) is 0.828. The average Bonchev–Trinajstić information content (AvgIpc) is 2.88. The highest BCUT2D eigenvalue weighted by Gasteiger charge is 2.26. The average molecular weight is 255 g/mol. The number of nitrogens with zero attached hydrogens (tertiary/aromatic N) is 4. The lowest BCUT2D eigenvalue weighted by Gasteiger charge is -2.24. The van der Waals surface area contributed by atoms with E-state index in [4.69, 9.17) is 5.41 Å². The first kappa shape index (κ1) is 11.6. The summed E-state index contributed by atoms with van der Waals surface area (Å²) < 4.78 is 1.68. The van der Waals surface area contributed by atoms with Crippen LogP contribution in [0.2, 0.25) is 0 Å². The molecule has 0 saturated carbocycles. The van der Waals surface area contributed by atoms with Crippen molar-refractivity contribution in [3.8, 4) is 5.69 Å². The molecule has 0 aromatic carbocycles. The van der Waals surface area contributed by atoms with E-state index in [-0.39, 0.29) is 5.91 Å². The minimum Gasteiger partial charge on any atom is -0.333 e. The van der Waals surface area contributed by atoms with E-state index in [1.165, 1.54) is 6.21 Å². The molecule has 2 aromatic heterocycles. The Morgan fingerprint density at radius 3 is 3.11 bits per heavy atom. The molecule has 1 N–H and O–H groups in total. The highest BCUT2D eigenvalue weighted by Crippen LogP contribution is 2.19. The SMILES string of the molecule is N=CCN1CCc2nn(-c3cccnc3)cc2C1=O. The van der Waals surface area contributed by atoms with Gasteiger partial charge in [-0.2, -0.15) is 5.10 Å². The Morgan fingerprint density at radius 1 is 1.47 bits per heavy atom. The van der Waals surface area contributed by atoms with Crippen LogP contribution in [0, 0.1) is 5.41 Å². The molecule has 3 heterocycles. The van der Waals surface area contributed by atoms with Gasteiger partial charge < -0.3 is 10.3 Å². The van der Waals surface area contributed by atoms with E-state index in [0.717, 1.165) is 17.8 Å². The third-order valence-electron chi connectivity index (χ3n) is 3.15. The van der Waals surface area contributed by atoms with E-state index < -0.39 is 0 Å². The molecule has 3 rings (SSSR count). The Bertz CT molecular complexity index is 619. The van der Waals surface area contributed by atoms with Crippen molar-refractivity contribution in [3.05, 3.63) is 42.0 Å². The summed E-state index contributed by atoms with van der Waals surface area (Å²) in [7, 11) is 0. The van der Waals surface area contributed by atoms with E-state index in [1.54, 1.807) is 28.2 Å². The summed E-state index contributed by atoms with van der Waals surface area (Å²) in [6.07, 6.45) is 7.11.